The van der Waals surface area contributed by atoms with Crippen LogP contribution in [0.25, 0.3) is 21.7 Å². The highest BCUT2D eigenvalue weighted by molar-refractivity contribution is 6.07. The van der Waals surface area contributed by atoms with Gasteiger partial charge in [-0.3, -0.25) is 0 Å². The molecule has 0 spiro atoms. The average molecular weight is 372 g/mol. The van der Waals surface area contributed by atoms with Gasteiger partial charge in [0.1, 0.15) is 16.9 Å². The second-order valence-corrected chi connectivity index (χ2v) is 7.81. The van der Waals surface area contributed by atoms with Crippen LogP contribution in [-0.4, -0.2) is 5.97 Å². The summed E-state index contributed by atoms with van der Waals surface area (Å²) in [7, 11) is 0. The Kier molecular flexibility index (Phi) is 4.27. The number of carbonyl (C=O) groups is 1. The summed E-state index contributed by atoms with van der Waals surface area (Å²) in [5, 5.41) is 2.61. The van der Waals surface area contributed by atoms with Crippen molar-refractivity contribution in [1.29, 1.82) is 0 Å². The van der Waals surface area contributed by atoms with E-state index in [9.17, 15) is 9.59 Å². The van der Waals surface area contributed by atoms with Gasteiger partial charge in [0.2, 0.25) is 0 Å². The Morgan fingerprint density at radius 2 is 1.61 bits per heavy atom. The zero-order valence-corrected chi connectivity index (χ0v) is 16.0. The lowest BCUT2D eigenvalue weighted by Crippen LogP contribution is -2.19. The minimum absolute atomic E-state index is 0.00299. The second kappa shape index (κ2) is 6.64. The predicted molar refractivity (Wildman–Crippen MR) is 110 cm³/mol. The van der Waals surface area contributed by atoms with Gasteiger partial charge in [0, 0.05) is 5.39 Å². The highest BCUT2D eigenvalue weighted by Gasteiger charge is 2.18. The van der Waals surface area contributed by atoms with Crippen LogP contribution < -0.4 is 10.4 Å². The third-order valence-corrected chi connectivity index (χ3v) is 4.79. The topological polar surface area (TPSA) is 56.5 Å². The van der Waals surface area contributed by atoms with Crippen LogP contribution in [0.1, 0.15) is 36.7 Å². The van der Waals surface area contributed by atoms with Crippen LogP contribution in [0, 0.1) is 0 Å². The molecule has 0 fully saturated rings. The number of hydrogen-bond acceptors (Lipinski definition) is 4. The molecule has 0 amide bonds. The minimum Gasteiger partial charge on any atom is -0.423 e. The van der Waals surface area contributed by atoms with Gasteiger partial charge in [0.05, 0.1) is 0 Å². The molecule has 0 atom stereocenters. The molecule has 0 aliphatic carbocycles. The fraction of sp³-hybridized carbons (Fsp3) is 0.167. The van der Waals surface area contributed by atoms with Gasteiger partial charge in [-0.05, 0) is 46.0 Å². The van der Waals surface area contributed by atoms with Gasteiger partial charge in [-0.15, -0.1) is 0 Å². The van der Waals surface area contributed by atoms with Crippen molar-refractivity contribution in [3.8, 4) is 5.75 Å². The van der Waals surface area contributed by atoms with Crippen LogP contribution in [0.5, 0.6) is 5.75 Å². The van der Waals surface area contributed by atoms with Crippen LogP contribution in [0.4, 0.5) is 0 Å². The maximum atomic E-state index is 12.6. The van der Waals surface area contributed by atoms with E-state index in [1.54, 1.807) is 24.3 Å². The summed E-state index contributed by atoms with van der Waals surface area (Å²) in [4.78, 5) is 24.9. The molecule has 0 saturated carbocycles. The van der Waals surface area contributed by atoms with Crippen molar-refractivity contribution in [3.63, 3.8) is 0 Å². The Labute approximate surface area is 162 Å². The Morgan fingerprint density at radius 3 is 2.32 bits per heavy atom. The quantitative estimate of drug-likeness (QED) is 0.203. The fourth-order valence-corrected chi connectivity index (χ4v) is 3.20. The molecule has 4 aromatic rings. The lowest BCUT2D eigenvalue weighted by Gasteiger charge is -2.18. The SMILES string of the molecule is CC(C)(C)c1ccc(OC(=O)c2cc3c(ccc4ccccc43)oc2=O)cc1. The summed E-state index contributed by atoms with van der Waals surface area (Å²) in [5.41, 5.74) is 0.741. The van der Waals surface area contributed by atoms with Crippen molar-refractivity contribution < 1.29 is 13.9 Å². The number of esters is 1. The van der Waals surface area contributed by atoms with Gasteiger partial charge in [-0.2, -0.15) is 0 Å². The monoisotopic (exact) mass is 372 g/mol. The van der Waals surface area contributed by atoms with Crippen molar-refractivity contribution in [1.82, 2.24) is 0 Å². The normalized spacial score (nSPS) is 11.7. The number of benzene rings is 3. The molecular weight excluding hydrogens is 352 g/mol. The van der Waals surface area contributed by atoms with E-state index in [0.29, 0.717) is 16.7 Å². The minimum atomic E-state index is -0.730. The van der Waals surface area contributed by atoms with Crippen molar-refractivity contribution in [2.24, 2.45) is 0 Å². The molecule has 4 heteroatoms. The van der Waals surface area contributed by atoms with Gasteiger partial charge in [0.25, 0.3) is 0 Å². The average Bonchev–Trinajstić information content (AvgIpc) is 2.67. The van der Waals surface area contributed by atoms with Gasteiger partial charge in [0.15, 0.2) is 0 Å². The summed E-state index contributed by atoms with van der Waals surface area (Å²) >= 11 is 0. The zero-order chi connectivity index (χ0) is 19.9. The van der Waals surface area contributed by atoms with E-state index in [2.05, 4.69) is 20.8 Å². The third-order valence-electron chi connectivity index (χ3n) is 4.79. The van der Waals surface area contributed by atoms with Crippen molar-refractivity contribution in [3.05, 3.63) is 88.3 Å². The zero-order valence-electron chi connectivity index (χ0n) is 16.0. The number of rotatable bonds is 2. The van der Waals surface area contributed by atoms with Gasteiger partial charge >= 0.3 is 11.6 Å². The van der Waals surface area contributed by atoms with Crippen LogP contribution in [0.15, 0.2) is 75.9 Å². The summed E-state index contributed by atoms with van der Waals surface area (Å²) in [6.07, 6.45) is 0. The van der Waals surface area contributed by atoms with Gasteiger partial charge in [-0.25, -0.2) is 9.59 Å². The second-order valence-electron chi connectivity index (χ2n) is 7.81. The van der Waals surface area contributed by atoms with E-state index in [4.69, 9.17) is 9.15 Å². The van der Waals surface area contributed by atoms with Crippen molar-refractivity contribution >= 4 is 27.7 Å². The van der Waals surface area contributed by atoms with Gasteiger partial charge < -0.3 is 9.15 Å². The van der Waals surface area contributed by atoms with Crippen LogP contribution in [0.2, 0.25) is 0 Å². The number of fused-ring (bicyclic) bond motifs is 3. The molecule has 4 rings (SSSR count). The van der Waals surface area contributed by atoms with E-state index in [1.807, 2.05) is 42.5 Å². The molecule has 140 valence electrons. The standard InChI is InChI=1S/C24H20O4/c1-24(2,3)16-9-11-17(12-10-16)27-22(25)20-14-19-18-7-5-4-6-15(18)8-13-21(19)28-23(20)26/h4-14H,1-3H3. The predicted octanol–water partition coefficient (Wildman–Crippen LogP) is 5.46. The third kappa shape index (κ3) is 3.29. The molecule has 0 radical (unpaired) electrons. The molecule has 0 aliphatic rings. The lowest BCUT2D eigenvalue weighted by molar-refractivity contribution is 0.0730. The van der Waals surface area contributed by atoms with Crippen molar-refractivity contribution in [2.75, 3.05) is 0 Å². The first-order chi connectivity index (χ1) is 13.3. The largest absolute Gasteiger partial charge is 0.423 e. The fourth-order valence-electron chi connectivity index (χ4n) is 3.20. The smallest absolute Gasteiger partial charge is 0.351 e. The van der Waals surface area contributed by atoms with E-state index in [-0.39, 0.29) is 11.0 Å². The first kappa shape index (κ1) is 18.0. The molecule has 1 heterocycles. The van der Waals surface area contributed by atoms with E-state index in [0.717, 1.165) is 16.3 Å². The number of hydrogen-bond donors (Lipinski definition) is 0. The van der Waals surface area contributed by atoms with Crippen molar-refractivity contribution in [2.45, 2.75) is 26.2 Å². The molecular formula is C24H20O4. The van der Waals surface area contributed by atoms with E-state index < -0.39 is 11.6 Å². The highest BCUT2D eigenvalue weighted by Crippen LogP contribution is 2.26. The maximum absolute atomic E-state index is 12.6. The van der Waals surface area contributed by atoms with Crippen LogP contribution in [-0.2, 0) is 5.41 Å². The molecule has 0 bridgehead atoms. The molecule has 1 aromatic heterocycles. The molecule has 4 nitrogen and oxygen atoms in total. The Morgan fingerprint density at radius 1 is 0.893 bits per heavy atom. The molecule has 0 aliphatic heterocycles. The Bertz CT molecular complexity index is 1240. The molecule has 0 saturated heterocycles. The lowest BCUT2D eigenvalue weighted by atomic mass is 9.87. The molecule has 0 N–H and O–H groups in total. The summed E-state index contributed by atoms with van der Waals surface area (Å²) in [6, 6.07) is 20.2. The first-order valence-corrected chi connectivity index (χ1v) is 9.11. The number of carbonyl (C=O) groups excluding carboxylic acids is 1. The number of ether oxygens (including phenoxy) is 1. The first-order valence-electron chi connectivity index (χ1n) is 9.11. The summed E-state index contributed by atoms with van der Waals surface area (Å²) in [5.74, 6) is -0.345. The summed E-state index contributed by atoms with van der Waals surface area (Å²) in [6.45, 7) is 6.33. The molecule has 3 aromatic carbocycles. The van der Waals surface area contributed by atoms with Crippen LogP contribution in [0.3, 0.4) is 0 Å². The Balaban J connectivity index is 1.72. The molecule has 0 unspecified atom stereocenters. The highest BCUT2D eigenvalue weighted by atomic mass is 16.5. The Hall–Kier alpha value is -3.40. The van der Waals surface area contributed by atoms with E-state index >= 15 is 0 Å². The van der Waals surface area contributed by atoms with Gasteiger partial charge in [-0.1, -0.05) is 63.2 Å². The summed E-state index contributed by atoms with van der Waals surface area (Å²) < 4.78 is 10.8. The van der Waals surface area contributed by atoms with Crippen LogP contribution >= 0.6 is 0 Å². The maximum Gasteiger partial charge on any atom is 0.351 e. The van der Waals surface area contributed by atoms with E-state index in [1.165, 1.54) is 0 Å². The molecule has 28 heavy (non-hydrogen) atoms.